The van der Waals surface area contributed by atoms with Crippen molar-refractivity contribution in [2.24, 2.45) is 0 Å². The number of anilines is 2. The molecule has 1 aromatic rings. The van der Waals surface area contributed by atoms with Crippen molar-refractivity contribution in [3.05, 3.63) is 17.7 Å². The standard InChI is InChI=1S/C9H10N2O2.ClH/c10-6-2-3-7(12)5-1-4-8(13)11-9(5)6;/h2-3,12H,1,4,10H2,(H,11,13);1H. The number of fused-ring (bicyclic) bond motifs is 1. The van der Waals surface area contributed by atoms with Crippen LogP contribution in [-0.2, 0) is 11.2 Å². The van der Waals surface area contributed by atoms with Crippen LogP contribution in [0, 0.1) is 0 Å². The number of carbonyl (C=O) groups is 1. The molecule has 0 saturated carbocycles. The van der Waals surface area contributed by atoms with Gasteiger partial charge in [-0.15, -0.1) is 12.4 Å². The molecule has 76 valence electrons. The Morgan fingerprint density at radius 3 is 2.79 bits per heavy atom. The summed E-state index contributed by atoms with van der Waals surface area (Å²) in [5.41, 5.74) is 7.45. The zero-order valence-corrected chi connectivity index (χ0v) is 8.23. The van der Waals surface area contributed by atoms with Gasteiger partial charge in [-0.1, -0.05) is 0 Å². The number of carbonyl (C=O) groups excluding carboxylic acids is 1. The molecule has 0 atom stereocenters. The number of nitrogen functional groups attached to an aromatic ring is 1. The number of hydrogen-bond donors (Lipinski definition) is 3. The number of phenolic OH excluding ortho intramolecular Hbond substituents is 1. The number of rotatable bonds is 0. The Labute approximate surface area is 87.5 Å². The highest BCUT2D eigenvalue weighted by atomic mass is 35.5. The zero-order chi connectivity index (χ0) is 9.42. The maximum Gasteiger partial charge on any atom is 0.224 e. The van der Waals surface area contributed by atoms with Crippen molar-refractivity contribution in [3.8, 4) is 5.75 Å². The summed E-state index contributed by atoms with van der Waals surface area (Å²) in [4.78, 5) is 11.0. The summed E-state index contributed by atoms with van der Waals surface area (Å²) in [7, 11) is 0. The normalized spacial score (nSPS) is 13.9. The molecular formula is C9H11ClN2O2. The van der Waals surface area contributed by atoms with Gasteiger partial charge in [-0.25, -0.2) is 0 Å². The Kier molecular flexibility index (Phi) is 2.86. The van der Waals surface area contributed by atoms with Crippen molar-refractivity contribution in [2.45, 2.75) is 12.8 Å². The van der Waals surface area contributed by atoms with Crippen LogP contribution in [-0.4, -0.2) is 11.0 Å². The Morgan fingerprint density at radius 1 is 1.36 bits per heavy atom. The Balaban J connectivity index is 0.000000980. The van der Waals surface area contributed by atoms with Crippen LogP contribution in [0.2, 0.25) is 0 Å². The van der Waals surface area contributed by atoms with E-state index in [-0.39, 0.29) is 24.1 Å². The SMILES string of the molecule is Cl.Nc1ccc(O)c2c1NC(=O)CC2. The molecule has 2 rings (SSSR count). The van der Waals surface area contributed by atoms with Gasteiger partial charge in [-0.3, -0.25) is 4.79 Å². The molecule has 1 aliphatic rings. The predicted octanol–water partition coefficient (Wildman–Crippen LogP) is 1.28. The van der Waals surface area contributed by atoms with Crippen LogP contribution in [0.4, 0.5) is 11.4 Å². The van der Waals surface area contributed by atoms with Crippen molar-refractivity contribution in [3.63, 3.8) is 0 Å². The van der Waals surface area contributed by atoms with E-state index in [1.54, 1.807) is 12.1 Å². The summed E-state index contributed by atoms with van der Waals surface area (Å²) in [5.74, 6) is 0.147. The highest BCUT2D eigenvalue weighted by molar-refractivity contribution is 5.98. The Morgan fingerprint density at radius 2 is 2.07 bits per heavy atom. The van der Waals surface area contributed by atoms with Gasteiger partial charge in [-0.2, -0.15) is 0 Å². The smallest absolute Gasteiger partial charge is 0.224 e. The third kappa shape index (κ3) is 1.61. The number of nitrogens with one attached hydrogen (secondary N) is 1. The number of nitrogens with two attached hydrogens (primary N) is 1. The molecule has 0 aliphatic carbocycles. The lowest BCUT2D eigenvalue weighted by molar-refractivity contribution is -0.116. The summed E-state index contributed by atoms with van der Waals surface area (Å²) in [6.07, 6.45) is 0.960. The second-order valence-corrected chi connectivity index (χ2v) is 3.08. The molecule has 1 aromatic carbocycles. The van der Waals surface area contributed by atoms with Crippen molar-refractivity contribution < 1.29 is 9.90 Å². The number of amides is 1. The maximum absolute atomic E-state index is 11.0. The van der Waals surface area contributed by atoms with Crippen LogP contribution in [0.15, 0.2) is 12.1 Å². The molecule has 0 unspecified atom stereocenters. The molecule has 0 radical (unpaired) electrons. The molecule has 5 heteroatoms. The van der Waals surface area contributed by atoms with E-state index in [0.717, 1.165) is 5.56 Å². The molecule has 1 heterocycles. The first-order chi connectivity index (χ1) is 6.18. The number of aromatic hydroxyl groups is 1. The van der Waals surface area contributed by atoms with Gasteiger partial charge in [0.15, 0.2) is 0 Å². The molecular weight excluding hydrogens is 204 g/mol. The molecule has 4 nitrogen and oxygen atoms in total. The van der Waals surface area contributed by atoms with Gasteiger partial charge in [0.2, 0.25) is 5.91 Å². The van der Waals surface area contributed by atoms with Crippen molar-refractivity contribution in [2.75, 3.05) is 11.1 Å². The Hall–Kier alpha value is -1.42. The van der Waals surface area contributed by atoms with Gasteiger partial charge in [0.1, 0.15) is 5.75 Å². The van der Waals surface area contributed by atoms with Gasteiger partial charge in [0.25, 0.3) is 0 Å². The van der Waals surface area contributed by atoms with E-state index in [4.69, 9.17) is 5.73 Å². The lowest BCUT2D eigenvalue weighted by Gasteiger charge is -2.19. The summed E-state index contributed by atoms with van der Waals surface area (Å²) in [5, 5.41) is 12.1. The number of phenols is 1. The molecule has 0 fully saturated rings. The molecule has 0 aromatic heterocycles. The van der Waals surface area contributed by atoms with E-state index >= 15 is 0 Å². The van der Waals surface area contributed by atoms with Crippen LogP contribution >= 0.6 is 12.4 Å². The van der Waals surface area contributed by atoms with E-state index in [2.05, 4.69) is 5.32 Å². The highest BCUT2D eigenvalue weighted by Gasteiger charge is 2.19. The van der Waals surface area contributed by atoms with Crippen LogP contribution in [0.25, 0.3) is 0 Å². The first-order valence-electron chi connectivity index (χ1n) is 4.08. The minimum atomic E-state index is -0.0511. The van der Waals surface area contributed by atoms with Crippen LogP contribution < -0.4 is 11.1 Å². The van der Waals surface area contributed by atoms with Gasteiger partial charge in [0.05, 0.1) is 11.4 Å². The largest absolute Gasteiger partial charge is 0.508 e. The minimum Gasteiger partial charge on any atom is -0.508 e. The average Bonchev–Trinajstić information content (AvgIpc) is 2.12. The number of hydrogen-bond acceptors (Lipinski definition) is 3. The zero-order valence-electron chi connectivity index (χ0n) is 7.41. The van der Waals surface area contributed by atoms with Crippen LogP contribution in [0.5, 0.6) is 5.75 Å². The van der Waals surface area contributed by atoms with E-state index in [1.165, 1.54) is 0 Å². The molecule has 0 saturated heterocycles. The third-order valence-electron chi connectivity index (χ3n) is 2.19. The second kappa shape index (κ2) is 3.75. The van der Waals surface area contributed by atoms with E-state index in [0.29, 0.717) is 24.2 Å². The monoisotopic (exact) mass is 214 g/mol. The minimum absolute atomic E-state index is 0. The van der Waals surface area contributed by atoms with Crippen molar-refractivity contribution in [1.29, 1.82) is 0 Å². The summed E-state index contributed by atoms with van der Waals surface area (Å²) >= 11 is 0. The Bertz CT molecular complexity index is 379. The topological polar surface area (TPSA) is 75.3 Å². The lowest BCUT2D eigenvalue weighted by Crippen LogP contribution is -2.20. The fourth-order valence-electron chi connectivity index (χ4n) is 1.50. The van der Waals surface area contributed by atoms with Crippen molar-refractivity contribution in [1.82, 2.24) is 0 Å². The second-order valence-electron chi connectivity index (χ2n) is 3.08. The molecule has 4 N–H and O–H groups in total. The summed E-state index contributed by atoms with van der Waals surface area (Å²) < 4.78 is 0. The fourth-order valence-corrected chi connectivity index (χ4v) is 1.50. The first kappa shape index (κ1) is 10.7. The lowest BCUT2D eigenvalue weighted by atomic mass is 10.0. The van der Waals surface area contributed by atoms with Gasteiger partial charge in [-0.05, 0) is 18.6 Å². The van der Waals surface area contributed by atoms with Crippen LogP contribution in [0.1, 0.15) is 12.0 Å². The summed E-state index contributed by atoms with van der Waals surface area (Å²) in [6.45, 7) is 0. The average molecular weight is 215 g/mol. The molecule has 0 spiro atoms. The highest BCUT2D eigenvalue weighted by Crippen LogP contribution is 2.34. The number of benzene rings is 1. The predicted molar refractivity (Wildman–Crippen MR) is 56.7 cm³/mol. The van der Waals surface area contributed by atoms with E-state index in [1.807, 2.05) is 0 Å². The van der Waals surface area contributed by atoms with Crippen molar-refractivity contribution >= 4 is 29.7 Å². The summed E-state index contributed by atoms with van der Waals surface area (Å²) in [6, 6.07) is 3.13. The first-order valence-corrected chi connectivity index (χ1v) is 4.08. The molecule has 0 bridgehead atoms. The maximum atomic E-state index is 11.0. The molecule has 1 aliphatic heterocycles. The van der Waals surface area contributed by atoms with Gasteiger partial charge in [0, 0.05) is 12.0 Å². The van der Waals surface area contributed by atoms with Crippen LogP contribution in [0.3, 0.4) is 0 Å². The van der Waals surface area contributed by atoms with E-state index < -0.39 is 0 Å². The van der Waals surface area contributed by atoms with E-state index in [9.17, 15) is 9.90 Å². The van der Waals surface area contributed by atoms with Gasteiger partial charge >= 0.3 is 0 Å². The third-order valence-corrected chi connectivity index (χ3v) is 2.19. The fraction of sp³-hybridized carbons (Fsp3) is 0.222. The quantitative estimate of drug-likeness (QED) is 0.450. The molecule has 14 heavy (non-hydrogen) atoms. The molecule has 1 amide bonds. The number of halogens is 1. The van der Waals surface area contributed by atoms with Gasteiger partial charge < -0.3 is 16.2 Å².